The Morgan fingerprint density at radius 2 is 2.11 bits per heavy atom. The van der Waals surface area contributed by atoms with Crippen LogP contribution in [0.1, 0.15) is 42.1 Å². The fraction of sp³-hybridized carbons (Fsp3) is 0.533. The number of carbonyl (C=O) groups excluding carboxylic acids is 1. The number of benzene rings is 1. The lowest BCUT2D eigenvalue weighted by Gasteiger charge is -2.14. The van der Waals surface area contributed by atoms with Crippen LogP contribution in [0.2, 0.25) is 0 Å². The van der Waals surface area contributed by atoms with Gasteiger partial charge in [-0.15, -0.1) is 0 Å². The van der Waals surface area contributed by atoms with E-state index in [1.807, 2.05) is 32.2 Å². The first-order chi connectivity index (χ1) is 8.60. The Morgan fingerprint density at radius 3 is 2.67 bits per heavy atom. The van der Waals surface area contributed by atoms with E-state index in [1.54, 1.807) is 0 Å². The van der Waals surface area contributed by atoms with Gasteiger partial charge in [-0.25, -0.2) is 0 Å². The summed E-state index contributed by atoms with van der Waals surface area (Å²) in [6.45, 7) is 4.23. The van der Waals surface area contributed by atoms with E-state index in [0.717, 1.165) is 35.6 Å². The van der Waals surface area contributed by atoms with Crippen molar-refractivity contribution in [3.05, 3.63) is 29.3 Å². The number of nitrogens with one attached hydrogen (secondary N) is 2. The lowest BCUT2D eigenvalue weighted by molar-refractivity contribution is 0.0936. The van der Waals surface area contributed by atoms with Gasteiger partial charge in [0.25, 0.3) is 5.91 Å². The van der Waals surface area contributed by atoms with Crippen molar-refractivity contribution in [3.63, 3.8) is 0 Å². The van der Waals surface area contributed by atoms with Crippen molar-refractivity contribution in [2.75, 3.05) is 12.4 Å². The van der Waals surface area contributed by atoms with Crippen molar-refractivity contribution < 1.29 is 4.79 Å². The Balaban J connectivity index is 2.04. The molecule has 0 bridgehead atoms. The molecule has 1 fully saturated rings. The van der Waals surface area contributed by atoms with Crippen LogP contribution in [0.5, 0.6) is 0 Å². The first kappa shape index (κ1) is 12.9. The molecule has 1 aliphatic rings. The molecule has 1 aromatic rings. The highest BCUT2D eigenvalue weighted by molar-refractivity contribution is 5.96. The molecule has 2 atom stereocenters. The molecular weight excluding hydrogens is 224 g/mol. The molecule has 0 radical (unpaired) electrons. The van der Waals surface area contributed by atoms with Crippen molar-refractivity contribution in [1.29, 1.82) is 0 Å². The smallest absolute Gasteiger partial charge is 0.251 e. The molecule has 2 unspecified atom stereocenters. The van der Waals surface area contributed by atoms with Gasteiger partial charge in [0.15, 0.2) is 0 Å². The molecule has 1 amide bonds. The minimum absolute atomic E-state index is 0.0641. The predicted octanol–water partition coefficient (Wildman–Crippen LogP) is 2.96. The molecule has 98 valence electrons. The molecule has 2 rings (SSSR count). The molecule has 1 saturated carbocycles. The standard InChI is InChI=1S/C15H22N2O/c1-10-4-5-13(8-10)17-15(18)14-7-6-12(16-3)9-11(14)2/h6-7,9-10,13,16H,4-5,8H2,1-3H3,(H,17,18). The zero-order valence-electron chi connectivity index (χ0n) is 11.4. The summed E-state index contributed by atoms with van der Waals surface area (Å²) in [6.07, 6.45) is 3.45. The maximum Gasteiger partial charge on any atom is 0.251 e. The van der Waals surface area contributed by atoms with Gasteiger partial charge in [-0.05, 0) is 55.9 Å². The first-order valence-electron chi connectivity index (χ1n) is 6.69. The summed E-state index contributed by atoms with van der Waals surface area (Å²) in [6, 6.07) is 6.20. The van der Waals surface area contributed by atoms with Gasteiger partial charge in [-0.1, -0.05) is 6.92 Å². The zero-order chi connectivity index (χ0) is 13.1. The second-order valence-electron chi connectivity index (χ2n) is 5.37. The van der Waals surface area contributed by atoms with Crippen LogP contribution < -0.4 is 10.6 Å². The number of anilines is 1. The van der Waals surface area contributed by atoms with Crippen molar-refractivity contribution >= 4 is 11.6 Å². The summed E-state index contributed by atoms with van der Waals surface area (Å²) >= 11 is 0. The van der Waals surface area contributed by atoms with Crippen molar-refractivity contribution in [2.45, 2.75) is 39.2 Å². The minimum Gasteiger partial charge on any atom is -0.388 e. The predicted molar refractivity (Wildman–Crippen MR) is 75.0 cm³/mol. The summed E-state index contributed by atoms with van der Waals surface area (Å²) in [7, 11) is 1.88. The van der Waals surface area contributed by atoms with Gasteiger partial charge in [-0.3, -0.25) is 4.79 Å². The molecule has 1 aliphatic carbocycles. The topological polar surface area (TPSA) is 41.1 Å². The average Bonchev–Trinajstić information content (AvgIpc) is 2.74. The van der Waals surface area contributed by atoms with Crippen LogP contribution in [-0.2, 0) is 0 Å². The second-order valence-corrected chi connectivity index (χ2v) is 5.37. The largest absolute Gasteiger partial charge is 0.388 e. The molecular formula is C15H22N2O. The van der Waals surface area contributed by atoms with E-state index in [0.29, 0.717) is 6.04 Å². The third kappa shape index (κ3) is 2.84. The molecule has 3 nitrogen and oxygen atoms in total. The maximum absolute atomic E-state index is 12.2. The van der Waals surface area contributed by atoms with Gasteiger partial charge >= 0.3 is 0 Å². The Labute approximate surface area is 109 Å². The van der Waals surface area contributed by atoms with E-state index in [1.165, 1.54) is 6.42 Å². The molecule has 0 heterocycles. The van der Waals surface area contributed by atoms with Gasteiger partial charge < -0.3 is 10.6 Å². The Bertz CT molecular complexity index is 442. The summed E-state index contributed by atoms with van der Waals surface area (Å²) in [5.74, 6) is 0.803. The highest BCUT2D eigenvalue weighted by atomic mass is 16.1. The van der Waals surface area contributed by atoms with Gasteiger partial charge in [0.05, 0.1) is 0 Å². The number of hydrogen-bond donors (Lipinski definition) is 2. The number of aryl methyl sites for hydroxylation is 1. The Hall–Kier alpha value is -1.51. The molecule has 0 aliphatic heterocycles. The number of hydrogen-bond acceptors (Lipinski definition) is 2. The van der Waals surface area contributed by atoms with Crippen LogP contribution in [0.4, 0.5) is 5.69 Å². The minimum atomic E-state index is 0.0641. The third-order valence-corrected chi connectivity index (χ3v) is 3.79. The first-order valence-corrected chi connectivity index (χ1v) is 6.69. The normalized spacial score (nSPS) is 22.8. The summed E-state index contributed by atoms with van der Waals surface area (Å²) in [4.78, 5) is 12.2. The molecule has 0 saturated heterocycles. The molecule has 2 N–H and O–H groups in total. The monoisotopic (exact) mass is 246 g/mol. The van der Waals surface area contributed by atoms with E-state index < -0.39 is 0 Å². The summed E-state index contributed by atoms with van der Waals surface area (Å²) in [5, 5.41) is 6.23. The van der Waals surface area contributed by atoms with Gasteiger partial charge in [0, 0.05) is 24.3 Å². The van der Waals surface area contributed by atoms with Crippen molar-refractivity contribution in [3.8, 4) is 0 Å². The van der Waals surface area contributed by atoms with Gasteiger partial charge in [0.2, 0.25) is 0 Å². The van der Waals surface area contributed by atoms with Crippen LogP contribution >= 0.6 is 0 Å². The lowest BCUT2D eigenvalue weighted by atomic mass is 10.1. The molecule has 0 spiro atoms. The van der Waals surface area contributed by atoms with Crippen molar-refractivity contribution in [1.82, 2.24) is 5.32 Å². The number of amides is 1. The fourth-order valence-corrected chi connectivity index (χ4v) is 2.68. The fourth-order valence-electron chi connectivity index (χ4n) is 2.68. The van der Waals surface area contributed by atoms with E-state index >= 15 is 0 Å². The van der Waals surface area contributed by atoms with E-state index in [9.17, 15) is 4.79 Å². The van der Waals surface area contributed by atoms with E-state index in [2.05, 4.69) is 17.6 Å². The Kier molecular flexibility index (Phi) is 3.90. The van der Waals surface area contributed by atoms with Crippen LogP contribution in [0, 0.1) is 12.8 Å². The summed E-state index contributed by atoms with van der Waals surface area (Å²) < 4.78 is 0. The second kappa shape index (κ2) is 5.42. The van der Waals surface area contributed by atoms with Gasteiger partial charge in [-0.2, -0.15) is 0 Å². The van der Waals surface area contributed by atoms with Crippen LogP contribution in [0.25, 0.3) is 0 Å². The molecule has 18 heavy (non-hydrogen) atoms. The van der Waals surface area contributed by atoms with Crippen LogP contribution in [0.15, 0.2) is 18.2 Å². The molecule has 0 aromatic heterocycles. The van der Waals surface area contributed by atoms with Crippen LogP contribution in [-0.4, -0.2) is 19.0 Å². The molecule has 1 aromatic carbocycles. The lowest BCUT2D eigenvalue weighted by Crippen LogP contribution is -2.33. The SMILES string of the molecule is CNc1ccc(C(=O)NC2CCC(C)C2)c(C)c1. The highest BCUT2D eigenvalue weighted by Crippen LogP contribution is 2.25. The van der Waals surface area contributed by atoms with Crippen LogP contribution in [0.3, 0.4) is 0 Å². The number of rotatable bonds is 3. The van der Waals surface area contributed by atoms with E-state index in [4.69, 9.17) is 0 Å². The number of carbonyl (C=O) groups is 1. The Morgan fingerprint density at radius 1 is 1.33 bits per heavy atom. The average molecular weight is 246 g/mol. The third-order valence-electron chi connectivity index (χ3n) is 3.79. The zero-order valence-corrected chi connectivity index (χ0v) is 11.4. The highest BCUT2D eigenvalue weighted by Gasteiger charge is 2.23. The van der Waals surface area contributed by atoms with Gasteiger partial charge in [0.1, 0.15) is 0 Å². The van der Waals surface area contributed by atoms with Crippen molar-refractivity contribution in [2.24, 2.45) is 5.92 Å². The molecule has 3 heteroatoms. The van der Waals surface area contributed by atoms with E-state index in [-0.39, 0.29) is 5.91 Å². The maximum atomic E-state index is 12.2. The quantitative estimate of drug-likeness (QED) is 0.861. The summed E-state index contributed by atoms with van der Waals surface area (Å²) in [5.41, 5.74) is 2.84.